The Morgan fingerprint density at radius 1 is 1.44 bits per heavy atom. The van der Waals surface area contributed by atoms with Gasteiger partial charge in [-0.2, -0.15) is 17.0 Å². The first-order chi connectivity index (χ1) is 8.45. The average molecular weight is 280 g/mol. The molecule has 0 saturated carbocycles. The van der Waals surface area contributed by atoms with Gasteiger partial charge in [0.25, 0.3) is 0 Å². The van der Waals surface area contributed by atoms with E-state index in [1.807, 2.05) is 6.92 Å². The van der Waals surface area contributed by atoms with Gasteiger partial charge in [0.2, 0.25) is 0 Å². The Labute approximate surface area is 108 Å². The number of unbranched alkanes of at least 4 members (excludes halogenated alkanes) is 1. The number of methoxy groups -OCH3 is 1. The van der Waals surface area contributed by atoms with Crippen molar-refractivity contribution >= 4 is 16.3 Å². The number of amides is 1. The first-order valence-electron chi connectivity index (χ1n) is 5.86. The zero-order valence-electron chi connectivity index (χ0n) is 11.0. The maximum atomic E-state index is 11.9. The molecular weight excluding hydrogens is 260 g/mol. The van der Waals surface area contributed by atoms with Crippen LogP contribution in [0.1, 0.15) is 19.8 Å². The third-order valence-electron chi connectivity index (χ3n) is 2.75. The Balaban J connectivity index is 2.69. The van der Waals surface area contributed by atoms with Crippen LogP contribution in [0.2, 0.25) is 0 Å². The molecule has 1 aliphatic heterocycles. The quantitative estimate of drug-likeness (QED) is 0.683. The normalized spacial score (nSPS) is 23.3. The third-order valence-corrected chi connectivity index (χ3v) is 4.63. The molecular formula is C10H20N2O5S. The fourth-order valence-corrected chi connectivity index (χ4v) is 3.15. The Morgan fingerprint density at radius 3 is 2.67 bits per heavy atom. The third kappa shape index (κ3) is 3.12. The van der Waals surface area contributed by atoms with Crippen LogP contribution >= 0.6 is 0 Å². The zero-order valence-corrected chi connectivity index (χ0v) is 11.8. The summed E-state index contributed by atoms with van der Waals surface area (Å²) < 4.78 is 35.5. The van der Waals surface area contributed by atoms with Gasteiger partial charge in [-0.25, -0.2) is 4.79 Å². The van der Waals surface area contributed by atoms with Crippen molar-refractivity contribution in [1.82, 2.24) is 8.61 Å². The highest BCUT2D eigenvalue weighted by molar-refractivity contribution is 7.87. The molecule has 8 heteroatoms. The van der Waals surface area contributed by atoms with Gasteiger partial charge < -0.3 is 9.47 Å². The molecule has 1 heterocycles. The summed E-state index contributed by atoms with van der Waals surface area (Å²) in [6, 6.07) is -0.524. The van der Waals surface area contributed by atoms with Crippen LogP contribution in [0.4, 0.5) is 4.79 Å². The Bertz CT molecular complexity index is 384. The molecule has 7 nitrogen and oxygen atoms in total. The van der Waals surface area contributed by atoms with E-state index in [4.69, 9.17) is 4.74 Å². The molecule has 0 aliphatic carbocycles. The Kier molecular flexibility index (Phi) is 5.36. The van der Waals surface area contributed by atoms with E-state index in [0.29, 0.717) is 6.61 Å². The molecule has 0 bridgehead atoms. The van der Waals surface area contributed by atoms with Gasteiger partial charge in [-0.1, -0.05) is 13.3 Å². The predicted octanol–water partition coefficient (Wildman–Crippen LogP) is 0.430. The summed E-state index contributed by atoms with van der Waals surface area (Å²) in [6.07, 6.45) is 1.04. The molecule has 0 radical (unpaired) electrons. The van der Waals surface area contributed by atoms with E-state index in [9.17, 15) is 13.2 Å². The molecule has 0 aromatic heterocycles. The second kappa shape index (κ2) is 6.35. The number of rotatable bonds is 5. The SMILES string of the molecule is CCCCOC[C@@H]1CN(C)S(=O)(=O)N1C(=O)OC. The highest BCUT2D eigenvalue weighted by atomic mass is 32.2. The van der Waals surface area contributed by atoms with Crippen molar-refractivity contribution in [1.29, 1.82) is 0 Å². The standard InChI is InChI=1S/C10H20N2O5S/c1-4-5-6-17-8-9-7-11(2)18(14,15)12(9)10(13)16-3/h9H,4-8H2,1-3H3/t9-/m0/s1. The molecule has 0 aromatic carbocycles. The van der Waals surface area contributed by atoms with Crippen molar-refractivity contribution in [3.05, 3.63) is 0 Å². The van der Waals surface area contributed by atoms with Gasteiger partial charge >= 0.3 is 16.3 Å². The number of carbonyl (C=O) groups excluding carboxylic acids is 1. The lowest BCUT2D eigenvalue weighted by atomic mass is 10.3. The van der Waals surface area contributed by atoms with E-state index in [1.165, 1.54) is 7.05 Å². The second-order valence-electron chi connectivity index (χ2n) is 4.14. The van der Waals surface area contributed by atoms with Crippen molar-refractivity contribution in [2.45, 2.75) is 25.8 Å². The summed E-state index contributed by atoms with van der Waals surface area (Å²) in [5.41, 5.74) is 0. The summed E-state index contributed by atoms with van der Waals surface area (Å²) in [4.78, 5) is 11.5. The average Bonchev–Trinajstić information content (AvgIpc) is 2.55. The van der Waals surface area contributed by atoms with Crippen LogP contribution in [-0.4, -0.2) is 63.1 Å². The number of hydrogen-bond acceptors (Lipinski definition) is 5. The van der Waals surface area contributed by atoms with E-state index in [2.05, 4.69) is 4.74 Å². The smallest absolute Gasteiger partial charge is 0.424 e. The van der Waals surface area contributed by atoms with E-state index in [0.717, 1.165) is 28.6 Å². The molecule has 0 unspecified atom stereocenters. The molecule has 0 spiro atoms. The first-order valence-corrected chi connectivity index (χ1v) is 7.26. The van der Waals surface area contributed by atoms with Gasteiger partial charge in [0, 0.05) is 20.2 Å². The number of ether oxygens (including phenoxy) is 2. The monoisotopic (exact) mass is 280 g/mol. The number of likely N-dealkylation sites (N-methyl/N-ethyl adjacent to an activating group) is 1. The fraction of sp³-hybridized carbons (Fsp3) is 0.900. The zero-order chi connectivity index (χ0) is 13.8. The minimum absolute atomic E-state index is 0.193. The van der Waals surface area contributed by atoms with Crippen LogP contribution in [0.15, 0.2) is 0 Å². The summed E-state index contributed by atoms with van der Waals surface area (Å²) in [7, 11) is -1.17. The Hall–Kier alpha value is -0.860. The maximum Gasteiger partial charge on any atom is 0.424 e. The van der Waals surface area contributed by atoms with Gasteiger partial charge in [0.1, 0.15) is 0 Å². The molecule has 1 saturated heterocycles. The van der Waals surface area contributed by atoms with Crippen LogP contribution < -0.4 is 0 Å². The summed E-state index contributed by atoms with van der Waals surface area (Å²) >= 11 is 0. The molecule has 0 aromatic rings. The van der Waals surface area contributed by atoms with Crippen molar-refractivity contribution in [3.8, 4) is 0 Å². The van der Waals surface area contributed by atoms with Crippen LogP contribution in [0.5, 0.6) is 0 Å². The van der Waals surface area contributed by atoms with Gasteiger partial charge in [-0.05, 0) is 6.42 Å². The lowest BCUT2D eigenvalue weighted by Crippen LogP contribution is -2.42. The second-order valence-corrected chi connectivity index (χ2v) is 6.05. The summed E-state index contributed by atoms with van der Waals surface area (Å²) in [6.45, 7) is 3.02. The van der Waals surface area contributed by atoms with E-state index >= 15 is 0 Å². The first kappa shape index (κ1) is 15.2. The topological polar surface area (TPSA) is 76.2 Å². The largest absolute Gasteiger partial charge is 0.452 e. The molecule has 1 fully saturated rings. The van der Waals surface area contributed by atoms with Gasteiger partial charge in [-0.3, -0.25) is 0 Å². The molecule has 0 N–H and O–H groups in total. The van der Waals surface area contributed by atoms with E-state index in [1.54, 1.807) is 0 Å². The number of hydrogen-bond donors (Lipinski definition) is 0. The molecule has 106 valence electrons. The van der Waals surface area contributed by atoms with Gasteiger partial charge in [0.15, 0.2) is 0 Å². The number of nitrogens with zero attached hydrogens (tertiary/aromatic N) is 2. The van der Waals surface area contributed by atoms with Crippen LogP contribution in [0, 0.1) is 0 Å². The maximum absolute atomic E-state index is 11.9. The van der Waals surface area contributed by atoms with Crippen LogP contribution in [0.25, 0.3) is 0 Å². The fourth-order valence-electron chi connectivity index (χ4n) is 1.72. The van der Waals surface area contributed by atoms with Gasteiger partial charge in [0.05, 0.1) is 19.8 Å². The highest BCUT2D eigenvalue weighted by Crippen LogP contribution is 2.22. The van der Waals surface area contributed by atoms with Crippen molar-refractivity contribution in [3.63, 3.8) is 0 Å². The van der Waals surface area contributed by atoms with E-state index < -0.39 is 22.3 Å². The summed E-state index contributed by atoms with van der Waals surface area (Å²) in [5.74, 6) is 0. The molecule has 1 atom stereocenters. The summed E-state index contributed by atoms with van der Waals surface area (Å²) in [5, 5.41) is 0. The van der Waals surface area contributed by atoms with Crippen molar-refractivity contribution < 1.29 is 22.7 Å². The molecule has 18 heavy (non-hydrogen) atoms. The van der Waals surface area contributed by atoms with Crippen LogP contribution in [-0.2, 0) is 19.7 Å². The van der Waals surface area contributed by atoms with E-state index in [-0.39, 0.29) is 13.2 Å². The molecule has 1 amide bonds. The minimum atomic E-state index is -3.76. The molecule has 1 rings (SSSR count). The Morgan fingerprint density at radius 2 is 2.11 bits per heavy atom. The number of carbonyl (C=O) groups is 1. The molecule has 1 aliphatic rings. The highest BCUT2D eigenvalue weighted by Gasteiger charge is 2.45. The lowest BCUT2D eigenvalue weighted by molar-refractivity contribution is 0.0822. The van der Waals surface area contributed by atoms with Gasteiger partial charge in [-0.15, -0.1) is 0 Å². The predicted molar refractivity (Wildman–Crippen MR) is 65.3 cm³/mol. The van der Waals surface area contributed by atoms with Crippen LogP contribution in [0.3, 0.4) is 0 Å². The lowest BCUT2D eigenvalue weighted by Gasteiger charge is -2.20. The van der Waals surface area contributed by atoms with Crippen molar-refractivity contribution in [2.75, 3.05) is 33.9 Å². The minimum Gasteiger partial charge on any atom is -0.452 e. The van der Waals surface area contributed by atoms with Crippen molar-refractivity contribution in [2.24, 2.45) is 0 Å².